The van der Waals surface area contributed by atoms with Crippen LogP contribution in [0.2, 0.25) is 0 Å². The maximum Gasteiger partial charge on any atom is 0.475 e. The highest BCUT2D eigenvalue weighted by Gasteiger charge is 2.27. The number of hydrogen-bond acceptors (Lipinski definition) is 5. The van der Waals surface area contributed by atoms with Gasteiger partial charge in [0.25, 0.3) is 0 Å². The molecule has 3 aromatic rings. The highest BCUT2D eigenvalue weighted by atomic mass is 16.4. The van der Waals surface area contributed by atoms with Crippen molar-refractivity contribution in [2.24, 2.45) is 0 Å². The Kier molecular flexibility index (Phi) is 6.13. The number of anilines is 1. The minimum absolute atomic E-state index is 0.00813. The van der Waals surface area contributed by atoms with Gasteiger partial charge in [-0.25, -0.2) is 0 Å². The molecule has 4 N–H and O–H groups in total. The maximum atomic E-state index is 12.5. The van der Waals surface area contributed by atoms with Gasteiger partial charge in [0.2, 0.25) is 11.8 Å². The fraction of sp³-hybridized carbons (Fsp3) is 0.200. The summed E-state index contributed by atoms with van der Waals surface area (Å²) in [6, 6.07) is 14.4. The van der Waals surface area contributed by atoms with Gasteiger partial charge < -0.3 is 25.1 Å². The van der Waals surface area contributed by atoms with Gasteiger partial charge in [0.1, 0.15) is 5.58 Å². The summed E-state index contributed by atoms with van der Waals surface area (Å²) in [6.07, 6.45) is 1.75. The average Bonchev–Trinajstić information content (AvgIpc) is 3.05. The molecule has 0 saturated carbocycles. The predicted molar refractivity (Wildman–Crippen MR) is 106 cm³/mol. The molecule has 1 atom stereocenters. The van der Waals surface area contributed by atoms with E-state index in [0.29, 0.717) is 16.8 Å². The van der Waals surface area contributed by atoms with Gasteiger partial charge in [-0.1, -0.05) is 36.4 Å². The largest absolute Gasteiger partial charge is 0.475 e. The first-order valence-electron chi connectivity index (χ1n) is 8.90. The van der Waals surface area contributed by atoms with E-state index < -0.39 is 13.1 Å². The zero-order valence-electron chi connectivity index (χ0n) is 15.4. The number of benzene rings is 2. The molecular weight excluding hydrogens is 359 g/mol. The zero-order chi connectivity index (χ0) is 20.1. The molecule has 2 amide bonds. The molecule has 0 aliphatic rings. The van der Waals surface area contributed by atoms with E-state index in [9.17, 15) is 19.6 Å². The van der Waals surface area contributed by atoms with Gasteiger partial charge in [0, 0.05) is 18.0 Å². The van der Waals surface area contributed by atoms with E-state index in [0.717, 1.165) is 10.9 Å². The maximum absolute atomic E-state index is 12.5. The number of para-hydroxylation sites is 2. The number of fused-ring (bicyclic) bond motifs is 1. The number of carbonyl (C=O) groups is 2. The zero-order valence-corrected chi connectivity index (χ0v) is 15.4. The van der Waals surface area contributed by atoms with Crippen molar-refractivity contribution >= 4 is 35.6 Å². The number of carbonyl (C=O) groups excluding carboxylic acids is 2. The molecule has 1 heterocycles. The number of rotatable bonds is 7. The Hall–Kier alpha value is -3.10. The fourth-order valence-electron chi connectivity index (χ4n) is 3.08. The molecule has 28 heavy (non-hydrogen) atoms. The molecule has 144 valence electrons. The van der Waals surface area contributed by atoms with Crippen LogP contribution < -0.4 is 10.6 Å². The summed E-state index contributed by atoms with van der Waals surface area (Å²) in [7, 11) is -1.73. The topological polar surface area (TPSA) is 112 Å². The standard InChI is InChI=1S/C20H21BN2O5/c1-13(24)22-17-8-4-2-6-14(17)11-20(25)23-19(21(26)27)10-15-12-28-18-9-5-3-7-16(15)18/h2-9,12,19,26-27H,10-11H2,1H3,(H,22,24)(H,23,25)/t19-/m0/s1. The fourth-order valence-corrected chi connectivity index (χ4v) is 3.08. The first-order valence-corrected chi connectivity index (χ1v) is 8.90. The van der Waals surface area contributed by atoms with Crippen LogP contribution in [0, 0.1) is 0 Å². The molecule has 3 rings (SSSR count). The Morgan fingerprint density at radius 1 is 1.07 bits per heavy atom. The smallest absolute Gasteiger partial charge is 0.464 e. The van der Waals surface area contributed by atoms with Crippen LogP contribution in [-0.2, 0) is 22.4 Å². The van der Waals surface area contributed by atoms with Crippen LogP contribution >= 0.6 is 0 Å². The molecule has 0 aliphatic carbocycles. The van der Waals surface area contributed by atoms with Gasteiger partial charge in [-0.15, -0.1) is 0 Å². The lowest BCUT2D eigenvalue weighted by Gasteiger charge is -2.18. The summed E-state index contributed by atoms with van der Waals surface area (Å²) < 4.78 is 5.47. The Bertz CT molecular complexity index is 985. The predicted octanol–water partition coefficient (Wildman–Crippen LogP) is 1.67. The van der Waals surface area contributed by atoms with Crippen molar-refractivity contribution in [1.82, 2.24) is 5.32 Å². The molecule has 0 unspecified atom stereocenters. The summed E-state index contributed by atoms with van der Waals surface area (Å²) in [5.41, 5.74) is 2.65. The normalized spacial score (nSPS) is 11.8. The van der Waals surface area contributed by atoms with Gasteiger partial charge in [-0.05, 0) is 29.7 Å². The molecule has 0 spiro atoms. The van der Waals surface area contributed by atoms with Gasteiger partial charge in [0.05, 0.1) is 18.6 Å². The summed E-state index contributed by atoms with van der Waals surface area (Å²) in [4.78, 5) is 23.8. The van der Waals surface area contributed by atoms with E-state index in [1.165, 1.54) is 6.92 Å². The Labute approximate surface area is 162 Å². The minimum Gasteiger partial charge on any atom is -0.464 e. The van der Waals surface area contributed by atoms with E-state index in [1.54, 1.807) is 30.5 Å². The van der Waals surface area contributed by atoms with Crippen LogP contribution in [0.1, 0.15) is 18.1 Å². The number of hydrogen-bond donors (Lipinski definition) is 4. The van der Waals surface area contributed by atoms with Gasteiger partial charge >= 0.3 is 7.12 Å². The SMILES string of the molecule is CC(=O)Nc1ccccc1CC(=O)N[C@@H](Cc1coc2ccccc12)B(O)O. The second kappa shape index (κ2) is 8.73. The van der Waals surface area contributed by atoms with Crippen molar-refractivity contribution in [3.8, 4) is 0 Å². The molecule has 0 saturated heterocycles. The summed E-state index contributed by atoms with van der Waals surface area (Å²) in [5.74, 6) is -1.52. The van der Waals surface area contributed by atoms with E-state index >= 15 is 0 Å². The monoisotopic (exact) mass is 380 g/mol. The molecule has 0 fully saturated rings. The second-order valence-electron chi connectivity index (χ2n) is 6.56. The van der Waals surface area contributed by atoms with Gasteiger partial charge in [0.15, 0.2) is 0 Å². The van der Waals surface area contributed by atoms with Crippen molar-refractivity contribution in [3.05, 3.63) is 65.9 Å². The van der Waals surface area contributed by atoms with E-state index in [2.05, 4.69) is 10.6 Å². The van der Waals surface area contributed by atoms with Crippen LogP contribution in [0.4, 0.5) is 5.69 Å². The molecule has 0 bridgehead atoms. The van der Waals surface area contributed by atoms with Crippen LogP contribution in [0.3, 0.4) is 0 Å². The lowest BCUT2D eigenvalue weighted by atomic mass is 9.75. The van der Waals surface area contributed by atoms with Crippen molar-refractivity contribution in [2.75, 3.05) is 5.32 Å². The van der Waals surface area contributed by atoms with Crippen LogP contribution in [-0.4, -0.2) is 34.9 Å². The molecule has 8 heteroatoms. The third-order valence-electron chi connectivity index (χ3n) is 4.39. The number of furan rings is 1. The summed E-state index contributed by atoms with van der Waals surface area (Å²) in [6.45, 7) is 1.39. The Morgan fingerprint density at radius 2 is 1.79 bits per heavy atom. The lowest BCUT2D eigenvalue weighted by molar-refractivity contribution is -0.121. The van der Waals surface area contributed by atoms with Crippen LogP contribution in [0.5, 0.6) is 0 Å². The van der Waals surface area contributed by atoms with Gasteiger partial charge in [-0.2, -0.15) is 0 Å². The Morgan fingerprint density at radius 3 is 2.54 bits per heavy atom. The van der Waals surface area contributed by atoms with Crippen molar-refractivity contribution in [2.45, 2.75) is 25.7 Å². The summed E-state index contributed by atoms with van der Waals surface area (Å²) in [5, 5.41) is 25.6. The van der Waals surface area contributed by atoms with Crippen LogP contribution in [0.25, 0.3) is 11.0 Å². The average molecular weight is 380 g/mol. The highest BCUT2D eigenvalue weighted by Crippen LogP contribution is 2.22. The quantitative estimate of drug-likeness (QED) is 0.466. The highest BCUT2D eigenvalue weighted by molar-refractivity contribution is 6.43. The molecule has 0 radical (unpaired) electrons. The summed E-state index contributed by atoms with van der Waals surface area (Å²) >= 11 is 0. The van der Waals surface area contributed by atoms with Gasteiger partial charge in [-0.3, -0.25) is 9.59 Å². The van der Waals surface area contributed by atoms with E-state index in [1.807, 2.05) is 24.3 Å². The number of nitrogens with one attached hydrogen (secondary N) is 2. The molecular formula is C20H21BN2O5. The molecule has 0 aliphatic heterocycles. The third kappa shape index (κ3) is 4.79. The first kappa shape index (κ1) is 19.7. The minimum atomic E-state index is -1.73. The van der Waals surface area contributed by atoms with E-state index in [-0.39, 0.29) is 24.7 Å². The van der Waals surface area contributed by atoms with E-state index in [4.69, 9.17) is 4.42 Å². The van der Waals surface area contributed by atoms with Crippen molar-refractivity contribution in [1.29, 1.82) is 0 Å². The lowest BCUT2D eigenvalue weighted by Crippen LogP contribution is -2.48. The number of amides is 2. The van der Waals surface area contributed by atoms with Crippen molar-refractivity contribution in [3.63, 3.8) is 0 Å². The van der Waals surface area contributed by atoms with Crippen molar-refractivity contribution < 1.29 is 24.1 Å². The Balaban J connectivity index is 1.71. The molecule has 2 aromatic carbocycles. The van der Waals surface area contributed by atoms with Crippen LogP contribution in [0.15, 0.2) is 59.2 Å². The molecule has 1 aromatic heterocycles. The first-order chi connectivity index (χ1) is 13.4. The molecule has 7 nitrogen and oxygen atoms in total. The second-order valence-corrected chi connectivity index (χ2v) is 6.56. The third-order valence-corrected chi connectivity index (χ3v) is 4.39.